The summed E-state index contributed by atoms with van der Waals surface area (Å²) in [6.07, 6.45) is 21.8. The molecule has 1 unspecified atom stereocenters. The third kappa shape index (κ3) is 13.6. The number of unbranched alkanes of at least 4 members (excludes halogenated alkanes) is 15. The highest BCUT2D eigenvalue weighted by atomic mass is 16.5. The molecule has 1 rings (SSSR count). The van der Waals surface area contributed by atoms with Crippen molar-refractivity contribution < 1.29 is 19.1 Å². The monoisotopic (exact) mass is 437 g/mol. The summed E-state index contributed by atoms with van der Waals surface area (Å²) in [4.78, 5) is 35.4. The Hall–Kier alpha value is -1.39. The van der Waals surface area contributed by atoms with Gasteiger partial charge in [0.15, 0.2) is 5.78 Å². The van der Waals surface area contributed by atoms with Crippen LogP contribution in [0.4, 0.5) is 0 Å². The Morgan fingerprint density at radius 2 is 1.29 bits per heavy atom. The first-order valence-electron chi connectivity index (χ1n) is 13.1. The smallest absolute Gasteiger partial charge is 0.316 e. The van der Waals surface area contributed by atoms with E-state index in [0.717, 1.165) is 12.8 Å². The van der Waals surface area contributed by atoms with Crippen molar-refractivity contribution >= 4 is 17.7 Å². The number of Topliss-reactive ketones (excluding diaryl/α,β-unsaturated/α-hetero) is 1. The van der Waals surface area contributed by atoms with E-state index in [0.29, 0.717) is 19.4 Å². The highest BCUT2D eigenvalue weighted by Crippen LogP contribution is 2.15. The molecule has 1 amide bonds. The van der Waals surface area contributed by atoms with E-state index in [9.17, 15) is 14.4 Å². The fourth-order valence-electron chi connectivity index (χ4n) is 4.19. The normalized spacial score (nSPS) is 16.8. The average Bonchev–Trinajstić information content (AvgIpc) is 3.21. The van der Waals surface area contributed by atoms with Gasteiger partial charge in [-0.25, -0.2) is 0 Å². The number of amides is 1. The van der Waals surface area contributed by atoms with E-state index in [2.05, 4.69) is 12.2 Å². The molecule has 1 heterocycles. The zero-order chi connectivity index (χ0) is 22.7. The molecule has 0 saturated carbocycles. The average molecular weight is 438 g/mol. The summed E-state index contributed by atoms with van der Waals surface area (Å²) in [5.74, 6) is -1.62. The van der Waals surface area contributed by atoms with Crippen LogP contribution in [-0.4, -0.2) is 30.3 Å². The van der Waals surface area contributed by atoms with Crippen LogP contribution in [0.25, 0.3) is 0 Å². The van der Waals surface area contributed by atoms with Crippen molar-refractivity contribution in [3.8, 4) is 0 Å². The first-order valence-corrected chi connectivity index (χ1v) is 13.1. The Morgan fingerprint density at radius 3 is 1.71 bits per heavy atom. The van der Waals surface area contributed by atoms with Gasteiger partial charge in [-0.3, -0.25) is 14.4 Å². The molecule has 1 N–H and O–H groups in total. The van der Waals surface area contributed by atoms with E-state index in [1.807, 2.05) is 0 Å². The third-order valence-electron chi connectivity index (χ3n) is 6.36. The lowest BCUT2D eigenvalue weighted by Gasteiger charge is -2.14. The van der Waals surface area contributed by atoms with Gasteiger partial charge in [-0.05, 0) is 19.8 Å². The second kappa shape index (κ2) is 18.2. The van der Waals surface area contributed by atoms with Crippen LogP contribution in [0.2, 0.25) is 0 Å². The van der Waals surface area contributed by atoms with Gasteiger partial charge in [0.05, 0.1) is 12.6 Å². The Labute approximate surface area is 190 Å². The maximum Gasteiger partial charge on any atom is 0.316 e. The highest BCUT2D eigenvalue weighted by molar-refractivity contribution is 6.03. The fraction of sp³-hybridized carbons (Fsp3) is 0.885. The molecule has 0 aromatic heterocycles. The Kier molecular flexibility index (Phi) is 16.2. The summed E-state index contributed by atoms with van der Waals surface area (Å²) in [5.41, 5.74) is 0. The van der Waals surface area contributed by atoms with Crippen LogP contribution in [0.1, 0.15) is 129 Å². The predicted octanol–water partition coefficient (Wildman–Crippen LogP) is 6.27. The first-order chi connectivity index (χ1) is 15.1. The molecule has 0 spiro atoms. The van der Waals surface area contributed by atoms with Gasteiger partial charge in [0.2, 0.25) is 5.91 Å². The molecular formula is C26H47NO4. The predicted molar refractivity (Wildman–Crippen MR) is 126 cm³/mol. The summed E-state index contributed by atoms with van der Waals surface area (Å²) < 4.78 is 5.26. The van der Waals surface area contributed by atoms with Crippen LogP contribution in [0.3, 0.4) is 0 Å². The number of ether oxygens (including phenoxy) is 1. The lowest BCUT2D eigenvalue weighted by molar-refractivity contribution is -0.152. The second-order valence-corrected chi connectivity index (χ2v) is 9.25. The molecule has 0 aliphatic carbocycles. The van der Waals surface area contributed by atoms with Gasteiger partial charge < -0.3 is 10.1 Å². The van der Waals surface area contributed by atoms with Crippen molar-refractivity contribution in [1.29, 1.82) is 0 Å². The number of nitrogens with one attached hydrogen (secondary N) is 1. The number of carbonyl (C=O) groups is 3. The van der Waals surface area contributed by atoms with Crippen molar-refractivity contribution in [2.45, 2.75) is 135 Å². The Bertz CT molecular complexity index is 506. The SMILES string of the molecule is CCCCCCCCCCCCCCCCCCOC(=O)C(C)C(=O)[C@@H]1CCC(=O)N1. The first kappa shape index (κ1) is 27.6. The highest BCUT2D eigenvalue weighted by Gasteiger charge is 2.34. The minimum absolute atomic E-state index is 0.118. The van der Waals surface area contributed by atoms with Gasteiger partial charge in [0.25, 0.3) is 0 Å². The topological polar surface area (TPSA) is 72.5 Å². The van der Waals surface area contributed by atoms with Crippen LogP contribution in [0.5, 0.6) is 0 Å². The van der Waals surface area contributed by atoms with E-state index in [1.54, 1.807) is 6.92 Å². The number of ketones is 1. The molecule has 180 valence electrons. The van der Waals surface area contributed by atoms with E-state index in [4.69, 9.17) is 4.74 Å². The molecule has 0 aromatic carbocycles. The fourth-order valence-corrected chi connectivity index (χ4v) is 4.19. The third-order valence-corrected chi connectivity index (χ3v) is 6.36. The molecule has 31 heavy (non-hydrogen) atoms. The van der Waals surface area contributed by atoms with Gasteiger partial charge in [0.1, 0.15) is 5.92 Å². The van der Waals surface area contributed by atoms with Crippen LogP contribution >= 0.6 is 0 Å². The molecule has 0 bridgehead atoms. The van der Waals surface area contributed by atoms with E-state index in [-0.39, 0.29) is 11.7 Å². The molecule has 0 aromatic rings. The van der Waals surface area contributed by atoms with Gasteiger partial charge in [-0.1, -0.05) is 103 Å². The van der Waals surface area contributed by atoms with Gasteiger partial charge >= 0.3 is 5.97 Å². The lowest BCUT2D eigenvalue weighted by atomic mass is 9.99. The summed E-state index contributed by atoms with van der Waals surface area (Å²) in [7, 11) is 0. The summed E-state index contributed by atoms with van der Waals surface area (Å²) in [6, 6.07) is -0.523. The zero-order valence-electron chi connectivity index (χ0n) is 20.2. The molecule has 1 saturated heterocycles. The summed E-state index contributed by atoms with van der Waals surface area (Å²) in [5, 5.41) is 2.62. The standard InChI is InChI=1S/C26H47NO4/c1-3-4-5-6-7-8-9-10-11-12-13-14-15-16-17-18-21-31-26(30)22(2)25(29)23-19-20-24(28)27-23/h22-23H,3-21H2,1-2H3,(H,27,28)/t22?,23-/m0/s1. The zero-order valence-corrected chi connectivity index (χ0v) is 20.2. The van der Waals surface area contributed by atoms with E-state index >= 15 is 0 Å². The maximum absolute atomic E-state index is 12.2. The summed E-state index contributed by atoms with van der Waals surface area (Å²) >= 11 is 0. The van der Waals surface area contributed by atoms with E-state index in [1.165, 1.54) is 89.9 Å². The van der Waals surface area contributed by atoms with E-state index < -0.39 is 17.9 Å². The van der Waals surface area contributed by atoms with Crippen LogP contribution < -0.4 is 5.32 Å². The molecule has 5 heteroatoms. The second-order valence-electron chi connectivity index (χ2n) is 9.25. The molecule has 1 fully saturated rings. The minimum atomic E-state index is -0.801. The van der Waals surface area contributed by atoms with Crippen LogP contribution in [-0.2, 0) is 19.1 Å². The number of rotatable bonds is 20. The number of carbonyl (C=O) groups excluding carboxylic acids is 3. The van der Waals surface area contributed by atoms with Gasteiger partial charge in [0, 0.05) is 6.42 Å². The largest absolute Gasteiger partial charge is 0.465 e. The molecule has 2 atom stereocenters. The molecule has 1 aliphatic rings. The molecular weight excluding hydrogens is 390 g/mol. The quantitative estimate of drug-likeness (QED) is 0.138. The summed E-state index contributed by atoms with van der Waals surface area (Å²) in [6.45, 7) is 4.22. The number of hydrogen-bond acceptors (Lipinski definition) is 4. The van der Waals surface area contributed by atoms with Crippen molar-refractivity contribution in [2.24, 2.45) is 5.92 Å². The van der Waals surface area contributed by atoms with Crippen molar-refractivity contribution in [3.05, 3.63) is 0 Å². The van der Waals surface area contributed by atoms with Crippen molar-refractivity contribution in [1.82, 2.24) is 5.32 Å². The Morgan fingerprint density at radius 1 is 0.839 bits per heavy atom. The minimum Gasteiger partial charge on any atom is -0.465 e. The number of esters is 1. The molecule has 1 aliphatic heterocycles. The van der Waals surface area contributed by atoms with Crippen LogP contribution in [0.15, 0.2) is 0 Å². The van der Waals surface area contributed by atoms with Crippen LogP contribution in [0, 0.1) is 5.92 Å². The van der Waals surface area contributed by atoms with Gasteiger partial charge in [-0.15, -0.1) is 0 Å². The number of hydrogen-bond donors (Lipinski definition) is 1. The lowest BCUT2D eigenvalue weighted by Crippen LogP contribution is -2.39. The van der Waals surface area contributed by atoms with Gasteiger partial charge in [-0.2, -0.15) is 0 Å². The maximum atomic E-state index is 12.2. The Balaban J connectivity index is 1.84. The molecule has 0 radical (unpaired) electrons. The molecule has 5 nitrogen and oxygen atoms in total. The van der Waals surface area contributed by atoms with Crippen molar-refractivity contribution in [2.75, 3.05) is 6.61 Å². The van der Waals surface area contributed by atoms with Crippen molar-refractivity contribution in [3.63, 3.8) is 0 Å².